The molecule has 3 heterocycles. The van der Waals surface area contributed by atoms with Crippen LogP contribution in [0.5, 0.6) is 5.88 Å². The highest BCUT2D eigenvalue weighted by molar-refractivity contribution is 5.74. The van der Waals surface area contributed by atoms with Gasteiger partial charge in [0.2, 0.25) is 5.88 Å². The number of amides is 2. The molecule has 0 spiro atoms. The summed E-state index contributed by atoms with van der Waals surface area (Å²) >= 11 is 0. The molecule has 146 valence electrons. The third-order valence-electron chi connectivity index (χ3n) is 5.80. The zero-order chi connectivity index (χ0) is 18.6. The molecule has 0 radical (unpaired) electrons. The van der Waals surface area contributed by atoms with Crippen LogP contribution in [0.15, 0.2) is 12.1 Å². The van der Waals surface area contributed by atoms with Crippen LogP contribution in [0.25, 0.3) is 5.65 Å². The predicted octanol–water partition coefficient (Wildman–Crippen LogP) is 2.74. The molecule has 1 aliphatic carbocycles. The minimum Gasteiger partial charge on any atom is -0.480 e. The second kappa shape index (κ2) is 8.10. The number of likely N-dealkylation sites (tertiary alicyclic amines) is 1. The first-order chi connectivity index (χ1) is 13.2. The number of nitrogens with zero attached hydrogens (tertiary/aromatic N) is 5. The zero-order valence-corrected chi connectivity index (χ0v) is 15.9. The van der Waals surface area contributed by atoms with Crippen molar-refractivity contribution >= 4 is 11.7 Å². The number of aromatic nitrogens is 4. The Labute approximate surface area is 159 Å². The van der Waals surface area contributed by atoms with E-state index in [9.17, 15) is 4.79 Å². The average Bonchev–Trinajstić information content (AvgIpc) is 2.96. The monoisotopic (exact) mass is 372 g/mol. The van der Waals surface area contributed by atoms with Crippen molar-refractivity contribution in [3.63, 3.8) is 0 Å². The Kier molecular flexibility index (Phi) is 5.40. The minimum atomic E-state index is 0.0891. The second-order valence-corrected chi connectivity index (χ2v) is 7.60. The molecule has 1 aliphatic heterocycles. The fraction of sp³-hybridized carbons (Fsp3) is 0.684. The highest BCUT2D eigenvalue weighted by Gasteiger charge is 2.28. The largest absolute Gasteiger partial charge is 0.480 e. The molecular weight excluding hydrogens is 344 g/mol. The molecule has 0 aromatic carbocycles. The van der Waals surface area contributed by atoms with Gasteiger partial charge in [-0.05, 0) is 31.7 Å². The molecule has 8 nitrogen and oxygen atoms in total. The van der Waals surface area contributed by atoms with E-state index >= 15 is 0 Å². The van der Waals surface area contributed by atoms with E-state index < -0.39 is 0 Å². The molecule has 1 saturated heterocycles. The molecule has 2 aromatic heterocycles. The molecule has 1 saturated carbocycles. The highest BCUT2D eigenvalue weighted by atomic mass is 16.5. The average molecular weight is 372 g/mol. The lowest BCUT2D eigenvalue weighted by atomic mass is 9.96. The fourth-order valence-electron chi connectivity index (χ4n) is 4.18. The Morgan fingerprint density at radius 3 is 2.52 bits per heavy atom. The number of ether oxygens (including phenoxy) is 1. The van der Waals surface area contributed by atoms with Gasteiger partial charge in [-0.25, -0.2) is 4.79 Å². The van der Waals surface area contributed by atoms with Crippen molar-refractivity contribution in [3.05, 3.63) is 18.0 Å². The van der Waals surface area contributed by atoms with Crippen LogP contribution in [0.4, 0.5) is 4.79 Å². The zero-order valence-electron chi connectivity index (χ0n) is 15.9. The molecule has 27 heavy (non-hydrogen) atoms. The first-order valence-electron chi connectivity index (χ1n) is 10.1. The number of rotatable bonds is 3. The molecule has 0 unspecified atom stereocenters. The lowest BCUT2D eigenvalue weighted by Crippen LogP contribution is -2.47. The number of fused-ring (bicyclic) bond motifs is 1. The molecule has 2 amide bonds. The van der Waals surface area contributed by atoms with Gasteiger partial charge in [0, 0.05) is 31.1 Å². The van der Waals surface area contributed by atoms with Crippen LogP contribution in [0.2, 0.25) is 0 Å². The van der Waals surface area contributed by atoms with E-state index in [1.807, 2.05) is 11.0 Å². The maximum Gasteiger partial charge on any atom is 0.317 e. The number of piperidine rings is 1. The van der Waals surface area contributed by atoms with Gasteiger partial charge >= 0.3 is 6.03 Å². The molecule has 0 bridgehead atoms. The number of methoxy groups -OCH3 is 1. The molecule has 0 atom stereocenters. The third-order valence-corrected chi connectivity index (χ3v) is 5.80. The van der Waals surface area contributed by atoms with Crippen molar-refractivity contribution in [1.82, 2.24) is 30.0 Å². The first kappa shape index (κ1) is 18.0. The van der Waals surface area contributed by atoms with Gasteiger partial charge in [0.1, 0.15) is 0 Å². The van der Waals surface area contributed by atoms with Crippen molar-refractivity contribution in [2.24, 2.45) is 0 Å². The van der Waals surface area contributed by atoms with E-state index in [2.05, 4.69) is 20.6 Å². The van der Waals surface area contributed by atoms with Gasteiger partial charge in [0.15, 0.2) is 11.5 Å². The molecule has 1 N–H and O–H groups in total. The summed E-state index contributed by atoms with van der Waals surface area (Å²) in [6.07, 6.45) is 9.01. The fourth-order valence-corrected chi connectivity index (χ4v) is 4.18. The molecule has 2 aromatic rings. The smallest absolute Gasteiger partial charge is 0.317 e. The third kappa shape index (κ3) is 3.99. The Hall–Kier alpha value is -2.38. The van der Waals surface area contributed by atoms with E-state index in [0.29, 0.717) is 11.9 Å². The van der Waals surface area contributed by atoms with Crippen LogP contribution >= 0.6 is 0 Å². The number of urea groups is 1. The van der Waals surface area contributed by atoms with Gasteiger partial charge in [-0.1, -0.05) is 25.7 Å². The summed E-state index contributed by atoms with van der Waals surface area (Å²) in [5.41, 5.74) is 0.722. The quantitative estimate of drug-likeness (QED) is 0.838. The van der Waals surface area contributed by atoms with E-state index in [4.69, 9.17) is 4.74 Å². The van der Waals surface area contributed by atoms with Crippen LogP contribution in [0.3, 0.4) is 0 Å². The molecule has 8 heteroatoms. The van der Waals surface area contributed by atoms with Gasteiger partial charge in [-0.15, -0.1) is 15.3 Å². The molecular formula is C19H28N6O2. The van der Waals surface area contributed by atoms with Crippen LogP contribution in [-0.2, 0) is 0 Å². The number of carbonyl (C=O) groups is 1. The standard InChI is InChI=1S/C19H28N6O2/c1-27-17-9-8-16-21-22-18(25(16)23-17)14-10-12-24(13-11-14)19(26)20-15-6-4-2-3-5-7-15/h8-9,14-15H,2-7,10-13H2,1H3,(H,20,26). The summed E-state index contributed by atoms with van der Waals surface area (Å²) in [5.74, 6) is 1.65. The Morgan fingerprint density at radius 1 is 1.07 bits per heavy atom. The summed E-state index contributed by atoms with van der Waals surface area (Å²) in [6.45, 7) is 1.48. The Bertz CT molecular complexity index is 776. The van der Waals surface area contributed by atoms with Gasteiger partial charge in [0.25, 0.3) is 0 Å². The number of nitrogens with one attached hydrogen (secondary N) is 1. The van der Waals surface area contributed by atoms with E-state index in [0.717, 1.165) is 50.2 Å². The number of hydrogen-bond acceptors (Lipinski definition) is 5. The second-order valence-electron chi connectivity index (χ2n) is 7.60. The Balaban J connectivity index is 1.36. The van der Waals surface area contributed by atoms with Crippen molar-refractivity contribution in [3.8, 4) is 5.88 Å². The van der Waals surface area contributed by atoms with E-state index in [1.54, 1.807) is 17.7 Å². The van der Waals surface area contributed by atoms with Crippen molar-refractivity contribution < 1.29 is 9.53 Å². The van der Waals surface area contributed by atoms with Crippen LogP contribution in [-0.4, -0.2) is 57.0 Å². The molecule has 2 fully saturated rings. The summed E-state index contributed by atoms with van der Waals surface area (Å²) in [7, 11) is 1.60. The van der Waals surface area contributed by atoms with E-state index in [-0.39, 0.29) is 11.9 Å². The van der Waals surface area contributed by atoms with Gasteiger partial charge in [-0.3, -0.25) is 0 Å². The summed E-state index contributed by atoms with van der Waals surface area (Å²) in [6, 6.07) is 4.08. The van der Waals surface area contributed by atoms with Crippen molar-refractivity contribution in [1.29, 1.82) is 0 Å². The van der Waals surface area contributed by atoms with Gasteiger partial charge < -0.3 is 15.0 Å². The molecule has 2 aliphatic rings. The lowest BCUT2D eigenvalue weighted by molar-refractivity contribution is 0.175. The summed E-state index contributed by atoms with van der Waals surface area (Å²) in [5, 5.41) is 16.2. The lowest BCUT2D eigenvalue weighted by Gasteiger charge is -2.32. The predicted molar refractivity (Wildman–Crippen MR) is 101 cm³/mol. The molecule has 4 rings (SSSR count). The summed E-state index contributed by atoms with van der Waals surface area (Å²) < 4.78 is 6.98. The summed E-state index contributed by atoms with van der Waals surface area (Å²) in [4.78, 5) is 14.6. The van der Waals surface area contributed by atoms with Crippen molar-refractivity contribution in [2.75, 3.05) is 20.2 Å². The van der Waals surface area contributed by atoms with Crippen LogP contribution < -0.4 is 10.1 Å². The maximum absolute atomic E-state index is 12.6. The van der Waals surface area contributed by atoms with E-state index in [1.165, 1.54) is 25.7 Å². The maximum atomic E-state index is 12.6. The van der Waals surface area contributed by atoms with Crippen LogP contribution in [0.1, 0.15) is 63.1 Å². The topological polar surface area (TPSA) is 84.7 Å². The van der Waals surface area contributed by atoms with Gasteiger partial charge in [-0.2, -0.15) is 4.52 Å². The highest BCUT2D eigenvalue weighted by Crippen LogP contribution is 2.27. The Morgan fingerprint density at radius 2 is 1.81 bits per heavy atom. The first-order valence-corrected chi connectivity index (χ1v) is 10.1. The normalized spacial score (nSPS) is 19.8. The number of hydrogen-bond donors (Lipinski definition) is 1. The minimum absolute atomic E-state index is 0.0891. The van der Waals surface area contributed by atoms with Crippen LogP contribution in [0, 0.1) is 0 Å². The SMILES string of the molecule is COc1ccc2nnc(C3CCN(C(=O)NC4CCCCCC4)CC3)n2n1. The van der Waals surface area contributed by atoms with Crippen molar-refractivity contribution in [2.45, 2.75) is 63.3 Å². The van der Waals surface area contributed by atoms with Gasteiger partial charge in [0.05, 0.1) is 7.11 Å². The number of carbonyl (C=O) groups excluding carboxylic acids is 1.